The lowest BCUT2D eigenvalue weighted by molar-refractivity contribution is 0.316. The second-order valence-electron chi connectivity index (χ2n) is 7.46. The fourth-order valence-electron chi connectivity index (χ4n) is 3.49. The third-order valence-corrected chi connectivity index (χ3v) is 6.94. The second-order valence-corrected chi connectivity index (χ2v) is 9.32. The zero-order valence-corrected chi connectivity index (χ0v) is 17.4. The van der Waals surface area contributed by atoms with Crippen LogP contribution in [0.5, 0.6) is 5.75 Å². The number of hydrogen-bond donors (Lipinski definition) is 0. The molecule has 1 aliphatic heterocycles. The Labute approximate surface area is 174 Å². The van der Waals surface area contributed by atoms with Crippen molar-refractivity contribution in [1.29, 1.82) is 0 Å². The average Bonchev–Trinajstić information content (AvgIpc) is 2.74. The smallest absolute Gasteiger partial charge is 0.264 e. The molecule has 0 saturated heterocycles. The van der Waals surface area contributed by atoms with Crippen molar-refractivity contribution in [1.82, 2.24) is 0 Å². The van der Waals surface area contributed by atoms with E-state index < -0.39 is 21.7 Å². The van der Waals surface area contributed by atoms with Gasteiger partial charge in [-0.05, 0) is 59.5 Å². The molecule has 0 spiro atoms. The summed E-state index contributed by atoms with van der Waals surface area (Å²) in [5, 5.41) is 0. The SMILES string of the molecule is CC(C)c1cccc(S(=O)(=O)N2CCOc3ccc(-c4cc(F)ccc4F)cc32)c1. The lowest BCUT2D eigenvalue weighted by Crippen LogP contribution is -2.38. The Morgan fingerprint density at radius 2 is 1.80 bits per heavy atom. The summed E-state index contributed by atoms with van der Waals surface area (Å²) in [6, 6.07) is 14.7. The van der Waals surface area contributed by atoms with Gasteiger partial charge in [0.05, 0.1) is 17.1 Å². The van der Waals surface area contributed by atoms with Crippen molar-refractivity contribution in [2.24, 2.45) is 0 Å². The number of benzene rings is 3. The maximum absolute atomic E-state index is 14.3. The molecule has 0 N–H and O–H groups in total. The van der Waals surface area contributed by atoms with Gasteiger partial charge in [-0.25, -0.2) is 17.2 Å². The van der Waals surface area contributed by atoms with Gasteiger partial charge < -0.3 is 4.74 Å². The predicted molar refractivity (Wildman–Crippen MR) is 112 cm³/mol. The molecule has 7 heteroatoms. The van der Waals surface area contributed by atoms with Crippen LogP contribution in [0.4, 0.5) is 14.5 Å². The second kappa shape index (κ2) is 7.72. The molecule has 0 amide bonds. The standard InChI is InChI=1S/C23H21F2NO3S/c1-15(2)16-4-3-5-19(12-16)30(27,28)26-10-11-29-23-9-6-17(13-22(23)26)20-14-18(24)7-8-21(20)25/h3-9,12-15H,10-11H2,1-2H3. The number of sulfonamides is 1. The van der Waals surface area contributed by atoms with Gasteiger partial charge in [-0.2, -0.15) is 0 Å². The predicted octanol–water partition coefficient (Wildman–Crippen LogP) is 5.34. The quantitative estimate of drug-likeness (QED) is 0.562. The van der Waals surface area contributed by atoms with Crippen LogP contribution in [0.3, 0.4) is 0 Å². The normalized spacial score (nSPS) is 13.8. The largest absolute Gasteiger partial charge is 0.489 e. The van der Waals surface area contributed by atoms with Gasteiger partial charge in [0.2, 0.25) is 0 Å². The van der Waals surface area contributed by atoms with Crippen LogP contribution in [0.25, 0.3) is 11.1 Å². The third-order valence-electron chi connectivity index (χ3n) is 5.13. The zero-order chi connectivity index (χ0) is 21.5. The minimum atomic E-state index is -3.86. The molecule has 0 saturated carbocycles. The lowest BCUT2D eigenvalue weighted by atomic mass is 10.0. The first kappa shape index (κ1) is 20.3. The molecule has 4 nitrogen and oxygen atoms in total. The summed E-state index contributed by atoms with van der Waals surface area (Å²) in [4.78, 5) is 0.184. The highest BCUT2D eigenvalue weighted by Gasteiger charge is 2.31. The molecule has 0 aliphatic carbocycles. The van der Waals surface area contributed by atoms with Gasteiger partial charge >= 0.3 is 0 Å². The number of hydrogen-bond acceptors (Lipinski definition) is 3. The zero-order valence-electron chi connectivity index (χ0n) is 16.6. The number of anilines is 1. The van der Waals surface area contributed by atoms with E-state index in [1.54, 1.807) is 30.3 Å². The topological polar surface area (TPSA) is 46.6 Å². The monoisotopic (exact) mass is 429 g/mol. The van der Waals surface area contributed by atoms with Crippen molar-refractivity contribution < 1.29 is 21.9 Å². The summed E-state index contributed by atoms with van der Waals surface area (Å²) < 4.78 is 61.7. The van der Waals surface area contributed by atoms with Crippen LogP contribution >= 0.6 is 0 Å². The first-order valence-electron chi connectivity index (χ1n) is 9.62. The summed E-state index contributed by atoms with van der Waals surface area (Å²) in [5.41, 5.74) is 1.65. The third kappa shape index (κ3) is 3.65. The summed E-state index contributed by atoms with van der Waals surface area (Å²) in [6.07, 6.45) is 0. The molecule has 0 unspecified atom stereocenters. The number of halogens is 2. The van der Waals surface area contributed by atoms with Gasteiger partial charge in [-0.15, -0.1) is 0 Å². The van der Waals surface area contributed by atoms with Gasteiger partial charge in [0, 0.05) is 5.56 Å². The Morgan fingerprint density at radius 1 is 1.00 bits per heavy atom. The Morgan fingerprint density at radius 3 is 2.57 bits per heavy atom. The molecule has 30 heavy (non-hydrogen) atoms. The summed E-state index contributed by atoms with van der Waals surface area (Å²) >= 11 is 0. The molecular weight excluding hydrogens is 408 g/mol. The summed E-state index contributed by atoms with van der Waals surface area (Å²) in [5.74, 6) is -0.604. The van der Waals surface area contributed by atoms with Crippen LogP contribution in [0.1, 0.15) is 25.3 Å². The van der Waals surface area contributed by atoms with Crippen LogP contribution in [0.15, 0.2) is 65.6 Å². The number of fused-ring (bicyclic) bond motifs is 1. The van der Waals surface area contributed by atoms with Gasteiger partial charge in [0.15, 0.2) is 0 Å². The van der Waals surface area contributed by atoms with Crippen LogP contribution < -0.4 is 9.04 Å². The van der Waals surface area contributed by atoms with E-state index in [2.05, 4.69) is 0 Å². The maximum atomic E-state index is 14.3. The van der Waals surface area contributed by atoms with Crippen molar-refractivity contribution in [2.45, 2.75) is 24.7 Å². The Hall–Kier alpha value is -2.93. The molecule has 0 bridgehead atoms. The highest BCUT2D eigenvalue weighted by molar-refractivity contribution is 7.92. The molecule has 0 atom stereocenters. The molecule has 3 aromatic rings. The molecule has 1 aliphatic rings. The molecule has 0 aromatic heterocycles. The van der Waals surface area contributed by atoms with E-state index in [4.69, 9.17) is 4.74 Å². The van der Waals surface area contributed by atoms with Crippen molar-refractivity contribution in [3.8, 4) is 16.9 Å². The van der Waals surface area contributed by atoms with Gasteiger partial charge in [-0.3, -0.25) is 4.31 Å². The Kier molecular flexibility index (Phi) is 5.24. The first-order valence-corrected chi connectivity index (χ1v) is 11.1. The number of nitrogens with zero attached hydrogens (tertiary/aromatic N) is 1. The van der Waals surface area contributed by atoms with Crippen LogP contribution in [-0.2, 0) is 10.0 Å². The van der Waals surface area contributed by atoms with Gasteiger partial charge in [0.25, 0.3) is 10.0 Å². The van der Waals surface area contributed by atoms with Crippen molar-refractivity contribution >= 4 is 15.7 Å². The average molecular weight is 429 g/mol. The number of rotatable bonds is 4. The van der Waals surface area contributed by atoms with E-state index in [-0.39, 0.29) is 29.5 Å². The van der Waals surface area contributed by atoms with Crippen molar-refractivity contribution in [2.75, 3.05) is 17.5 Å². The Balaban J connectivity index is 1.81. The van der Waals surface area contributed by atoms with Crippen molar-refractivity contribution in [3.05, 3.63) is 77.9 Å². The minimum absolute atomic E-state index is 0.0579. The van der Waals surface area contributed by atoms with Crippen LogP contribution in [-0.4, -0.2) is 21.6 Å². The van der Waals surface area contributed by atoms with E-state index in [0.29, 0.717) is 17.0 Å². The lowest BCUT2D eigenvalue weighted by Gasteiger charge is -2.31. The highest BCUT2D eigenvalue weighted by atomic mass is 32.2. The van der Waals surface area contributed by atoms with E-state index >= 15 is 0 Å². The van der Waals surface area contributed by atoms with Crippen LogP contribution in [0, 0.1) is 11.6 Å². The highest BCUT2D eigenvalue weighted by Crippen LogP contribution is 2.39. The van der Waals surface area contributed by atoms with Crippen LogP contribution in [0.2, 0.25) is 0 Å². The van der Waals surface area contributed by atoms with E-state index in [1.165, 1.54) is 10.4 Å². The van der Waals surface area contributed by atoms with Crippen molar-refractivity contribution in [3.63, 3.8) is 0 Å². The molecule has 0 radical (unpaired) electrons. The summed E-state index contributed by atoms with van der Waals surface area (Å²) in [7, 11) is -3.86. The minimum Gasteiger partial charge on any atom is -0.489 e. The number of ether oxygens (including phenoxy) is 1. The maximum Gasteiger partial charge on any atom is 0.264 e. The fourth-order valence-corrected chi connectivity index (χ4v) is 5.00. The molecule has 3 aromatic carbocycles. The van der Waals surface area contributed by atoms with E-state index in [9.17, 15) is 17.2 Å². The first-order chi connectivity index (χ1) is 14.3. The fraction of sp³-hybridized carbons (Fsp3) is 0.217. The van der Waals surface area contributed by atoms with Gasteiger partial charge in [-0.1, -0.05) is 32.0 Å². The van der Waals surface area contributed by atoms with E-state index in [0.717, 1.165) is 23.8 Å². The summed E-state index contributed by atoms with van der Waals surface area (Å²) in [6.45, 7) is 4.31. The molecule has 4 rings (SSSR count). The molecule has 156 valence electrons. The van der Waals surface area contributed by atoms with Gasteiger partial charge in [0.1, 0.15) is 24.0 Å². The molecule has 0 fully saturated rings. The molecular formula is C23H21F2NO3S. The Bertz CT molecular complexity index is 1210. The van der Waals surface area contributed by atoms with E-state index in [1.807, 2.05) is 19.9 Å². The molecule has 1 heterocycles.